The maximum Gasteiger partial charge on any atom is 0.119 e. The van der Waals surface area contributed by atoms with Gasteiger partial charge in [-0.15, -0.1) is 0 Å². The lowest BCUT2D eigenvalue weighted by Gasteiger charge is -2.24. The van der Waals surface area contributed by atoms with Gasteiger partial charge >= 0.3 is 0 Å². The predicted molar refractivity (Wildman–Crippen MR) is 77.6 cm³/mol. The molecule has 2 rings (SSSR count). The van der Waals surface area contributed by atoms with Crippen LogP contribution in [0.4, 0.5) is 0 Å². The number of hydrogen-bond donors (Lipinski definition) is 2. The summed E-state index contributed by atoms with van der Waals surface area (Å²) in [6, 6.07) is 8.50. The zero-order chi connectivity index (χ0) is 13.5. The minimum absolute atomic E-state index is 0.350. The number of benzene rings is 1. The summed E-state index contributed by atoms with van der Waals surface area (Å²) in [7, 11) is 0. The summed E-state index contributed by atoms with van der Waals surface area (Å²) in [6.45, 7) is 3.02. The third kappa shape index (κ3) is 5.21. The molecule has 1 unspecified atom stereocenters. The molecule has 19 heavy (non-hydrogen) atoms. The lowest BCUT2D eigenvalue weighted by molar-refractivity contribution is 0.102. The molecule has 0 saturated heterocycles. The Morgan fingerprint density at radius 2 is 1.89 bits per heavy atom. The number of ether oxygens (including phenoxy) is 1. The molecule has 1 atom stereocenters. The lowest BCUT2D eigenvalue weighted by Crippen LogP contribution is -2.38. The van der Waals surface area contributed by atoms with E-state index in [-0.39, 0.29) is 0 Å². The van der Waals surface area contributed by atoms with Gasteiger partial charge in [0.15, 0.2) is 0 Å². The van der Waals surface area contributed by atoms with Gasteiger partial charge in [-0.1, -0.05) is 37.0 Å². The normalized spacial score (nSPS) is 18.2. The van der Waals surface area contributed by atoms with E-state index in [1.54, 1.807) is 0 Å². The number of hydrogen-bond acceptors (Lipinski definition) is 3. The second-order valence-corrected chi connectivity index (χ2v) is 5.52. The molecule has 1 aliphatic carbocycles. The summed E-state index contributed by atoms with van der Waals surface area (Å²) in [5.74, 6) is 0.822. The maximum absolute atomic E-state index is 9.91. The van der Waals surface area contributed by atoms with Gasteiger partial charge in [0.1, 0.15) is 18.5 Å². The van der Waals surface area contributed by atoms with Crippen LogP contribution in [0, 0.1) is 6.92 Å². The molecule has 0 aliphatic heterocycles. The van der Waals surface area contributed by atoms with Crippen molar-refractivity contribution in [2.75, 3.05) is 13.2 Å². The van der Waals surface area contributed by atoms with E-state index >= 15 is 0 Å². The van der Waals surface area contributed by atoms with Crippen molar-refractivity contribution in [2.24, 2.45) is 0 Å². The monoisotopic (exact) mass is 263 g/mol. The molecule has 2 N–H and O–H groups in total. The summed E-state index contributed by atoms with van der Waals surface area (Å²) < 4.78 is 5.57. The Bertz CT molecular complexity index is 358. The fourth-order valence-electron chi connectivity index (χ4n) is 2.50. The van der Waals surface area contributed by atoms with E-state index in [9.17, 15) is 5.11 Å². The van der Waals surface area contributed by atoms with Gasteiger partial charge in [-0.25, -0.2) is 0 Å². The fourth-order valence-corrected chi connectivity index (χ4v) is 2.50. The van der Waals surface area contributed by atoms with Crippen molar-refractivity contribution in [1.29, 1.82) is 0 Å². The molecule has 1 aromatic carbocycles. The third-order valence-corrected chi connectivity index (χ3v) is 3.71. The van der Waals surface area contributed by atoms with Gasteiger partial charge in [0.25, 0.3) is 0 Å². The molecule has 1 aromatic rings. The summed E-state index contributed by atoms with van der Waals surface area (Å²) >= 11 is 0. The highest BCUT2D eigenvalue weighted by Crippen LogP contribution is 2.17. The van der Waals surface area contributed by atoms with Gasteiger partial charge < -0.3 is 15.2 Å². The molecule has 106 valence electrons. The Hall–Kier alpha value is -1.06. The van der Waals surface area contributed by atoms with Gasteiger partial charge in [0.2, 0.25) is 0 Å². The first-order valence-corrected chi connectivity index (χ1v) is 7.35. The SMILES string of the molecule is Cc1ccc(OCC(O)CNC2CCCCC2)cc1. The Kier molecular flexibility index (Phi) is 5.67. The van der Waals surface area contributed by atoms with Crippen LogP contribution >= 0.6 is 0 Å². The molecule has 0 bridgehead atoms. The minimum atomic E-state index is -0.441. The molecule has 1 fully saturated rings. The predicted octanol–water partition coefficient (Wildman–Crippen LogP) is 2.66. The number of aliphatic hydroxyl groups excluding tert-OH is 1. The second kappa shape index (κ2) is 7.51. The standard InChI is InChI=1S/C16H25NO2/c1-13-7-9-16(10-8-13)19-12-15(18)11-17-14-5-3-2-4-6-14/h7-10,14-15,17-18H,2-6,11-12H2,1H3. The molecule has 0 heterocycles. The van der Waals surface area contributed by atoms with Gasteiger partial charge in [-0.05, 0) is 31.9 Å². The molecular formula is C16H25NO2. The number of aliphatic hydroxyl groups is 1. The smallest absolute Gasteiger partial charge is 0.119 e. The zero-order valence-electron chi connectivity index (χ0n) is 11.8. The highest BCUT2D eigenvalue weighted by Gasteiger charge is 2.14. The Labute approximate surface area is 116 Å². The van der Waals surface area contributed by atoms with Gasteiger partial charge in [-0.2, -0.15) is 0 Å². The maximum atomic E-state index is 9.91. The van der Waals surface area contributed by atoms with Crippen LogP contribution in [0.15, 0.2) is 24.3 Å². The van der Waals surface area contributed by atoms with E-state index in [4.69, 9.17) is 4.74 Å². The van der Waals surface area contributed by atoms with E-state index in [0.717, 1.165) is 5.75 Å². The van der Waals surface area contributed by atoms with Crippen molar-refractivity contribution in [3.63, 3.8) is 0 Å². The Morgan fingerprint density at radius 3 is 2.58 bits per heavy atom. The third-order valence-electron chi connectivity index (χ3n) is 3.71. The number of aryl methyl sites for hydroxylation is 1. The van der Waals surface area contributed by atoms with E-state index in [0.29, 0.717) is 19.2 Å². The van der Waals surface area contributed by atoms with Crippen LogP contribution in [0.3, 0.4) is 0 Å². The minimum Gasteiger partial charge on any atom is -0.491 e. The average molecular weight is 263 g/mol. The van der Waals surface area contributed by atoms with Crippen LogP contribution in [-0.4, -0.2) is 30.4 Å². The van der Waals surface area contributed by atoms with Crippen LogP contribution in [-0.2, 0) is 0 Å². The highest BCUT2D eigenvalue weighted by atomic mass is 16.5. The summed E-state index contributed by atoms with van der Waals surface area (Å²) in [4.78, 5) is 0. The molecule has 0 aromatic heterocycles. The van der Waals surface area contributed by atoms with E-state index in [1.165, 1.54) is 37.7 Å². The summed E-state index contributed by atoms with van der Waals surface area (Å²) in [6.07, 6.45) is 6.03. The summed E-state index contributed by atoms with van der Waals surface area (Å²) in [5, 5.41) is 13.3. The largest absolute Gasteiger partial charge is 0.491 e. The van der Waals surface area contributed by atoms with E-state index < -0.39 is 6.10 Å². The van der Waals surface area contributed by atoms with Crippen molar-refractivity contribution >= 4 is 0 Å². The highest BCUT2D eigenvalue weighted by molar-refractivity contribution is 5.26. The second-order valence-electron chi connectivity index (χ2n) is 5.52. The van der Waals surface area contributed by atoms with E-state index in [1.807, 2.05) is 31.2 Å². The molecule has 3 nitrogen and oxygen atoms in total. The molecule has 0 radical (unpaired) electrons. The van der Waals surface area contributed by atoms with Crippen LogP contribution in [0.5, 0.6) is 5.75 Å². The van der Waals surface area contributed by atoms with Crippen molar-refractivity contribution < 1.29 is 9.84 Å². The Balaban J connectivity index is 1.63. The van der Waals surface area contributed by atoms with Gasteiger partial charge in [0.05, 0.1) is 0 Å². The molecule has 0 spiro atoms. The van der Waals surface area contributed by atoms with Crippen LogP contribution in [0.1, 0.15) is 37.7 Å². The first-order valence-electron chi connectivity index (χ1n) is 7.35. The zero-order valence-corrected chi connectivity index (χ0v) is 11.8. The van der Waals surface area contributed by atoms with Gasteiger partial charge in [0, 0.05) is 12.6 Å². The van der Waals surface area contributed by atoms with Crippen molar-refractivity contribution in [3.05, 3.63) is 29.8 Å². The van der Waals surface area contributed by atoms with Crippen LogP contribution < -0.4 is 10.1 Å². The first-order chi connectivity index (χ1) is 9.24. The van der Waals surface area contributed by atoms with Crippen LogP contribution in [0.25, 0.3) is 0 Å². The molecular weight excluding hydrogens is 238 g/mol. The van der Waals surface area contributed by atoms with E-state index in [2.05, 4.69) is 5.32 Å². The Morgan fingerprint density at radius 1 is 1.21 bits per heavy atom. The van der Waals surface area contributed by atoms with Crippen LogP contribution in [0.2, 0.25) is 0 Å². The molecule has 1 aliphatic rings. The topological polar surface area (TPSA) is 41.5 Å². The lowest BCUT2D eigenvalue weighted by atomic mass is 9.95. The van der Waals surface area contributed by atoms with Crippen molar-refractivity contribution in [3.8, 4) is 5.75 Å². The average Bonchev–Trinajstić information content (AvgIpc) is 2.45. The quantitative estimate of drug-likeness (QED) is 0.829. The molecule has 3 heteroatoms. The number of rotatable bonds is 6. The number of nitrogens with one attached hydrogen (secondary N) is 1. The summed E-state index contributed by atoms with van der Waals surface area (Å²) in [5.41, 5.74) is 1.21. The molecule has 0 amide bonds. The fraction of sp³-hybridized carbons (Fsp3) is 0.625. The first kappa shape index (κ1) is 14.4. The van der Waals surface area contributed by atoms with Crippen molar-refractivity contribution in [1.82, 2.24) is 5.32 Å². The molecule has 1 saturated carbocycles. The van der Waals surface area contributed by atoms with Gasteiger partial charge in [-0.3, -0.25) is 0 Å². The van der Waals surface area contributed by atoms with Crippen molar-refractivity contribution in [2.45, 2.75) is 51.2 Å².